The summed E-state index contributed by atoms with van der Waals surface area (Å²) in [4.78, 5) is 22.6. The van der Waals surface area contributed by atoms with Gasteiger partial charge in [-0.1, -0.05) is 0 Å². The summed E-state index contributed by atoms with van der Waals surface area (Å²) in [5.74, 6) is 3.50. The molecule has 0 saturated heterocycles. The number of hydrogen-bond acceptors (Lipinski definition) is 5. The molecule has 4 rings (SSSR count). The van der Waals surface area contributed by atoms with E-state index in [2.05, 4.69) is 4.74 Å². The van der Waals surface area contributed by atoms with Crippen LogP contribution in [0.1, 0.15) is 32.1 Å². The molecule has 4 fully saturated rings. The third-order valence-corrected chi connectivity index (χ3v) is 6.44. The Kier molecular flexibility index (Phi) is 3.21. The number of carbonyl (C=O) groups excluding carboxylic acids is 2. The Hall–Kier alpha value is -1.10. The number of hydrogen-bond donors (Lipinski definition) is 1. The molecule has 4 aliphatic rings. The highest BCUT2D eigenvalue weighted by Gasteiger charge is 2.63. The van der Waals surface area contributed by atoms with Crippen LogP contribution >= 0.6 is 0 Å². The molecule has 0 aromatic rings. The van der Waals surface area contributed by atoms with Crippen molar-refractivity contribution < 1.29 is 24.2 Å². The average Bonchev–Trinajstić information content (AvgIpc) is 3.22. The summed E-state index contributed by atoms with van der Waals surface area (Å²) in [6.45, 7) is -1.08. The van der Waals surface area contributed by atoms with E-state index < -0.39 is 18.5 Å². The molecule has 4 saturated carbocycles. The van der Waals surface area contributed by atoms with Crippen LogP contribution in [-0.4, -0.2) is 36.4 Å². The fraction of sp³-hybridized carbons (Fsp3) is 0.875. The minimum Gasteiger partial charge on any atom is -0.460 e. The Morgan fingerprint density at radius 1 is 0.952 bits per heavy atom. The van der Waals surface area contributed by atoms with E-state index in [1.54, 1.807) is 0 Å². The van der Waals surface area contributed by atoms with Gasteiger partial charge in [0, 0.05) is 0 Å². The Balaban J connectivity index is 1.34. The van der Waals surface area contributed by atoms with Gasteiger partial charge in [-0.2, -0.15) is 0 Å². The molecule has 0 aromatic heterocycles. The molecule has 0 spiro atoms. The van der Waals surface area contributed by atoms with Crippen molar-refractivity contribution in [2.24, 2.45) is 35.5 Å². The Bertz CT molecular complexity index is 462. The molecule has 1 N–H and O–H groups in total. The van der Waals surface area contributed by atoms with E-state index in [-0.39, 0.29) is 12.7 Å². The molecule has 116 valence electrons. The van der Waals surface area contributed by atoms with E-state index >= 15 is 0 Å². The average molecular weight is 294 g/mol. The number of fused-ring (bicyclic) bond motifs is 9. The fourth-order valence-corrected chi connectivity index (χ4v) is 6.03. The van der Waals surface area contributed by atoms with Crippen LogP contribution in [0.3, 0.4) is 0 Å². The largest absolute Gasteiger partial charge is 0.460 e. The van der Waals surface area contributed by atoms with Crippen molar-refractivity contribution >= 4 is 11.9 Å². The molecule has 0 heterocycles. The van der Waals surface area contributed by atoms with Crippen LogP contribution in [0.5, 0.6) is 0 Å². The van der Waals surface area contributed by atoms with Crippen molar-refractivity contribution in [2.45, 2.75) is 38.2 Å². The maximum absolute atomic E-state index is 11.8. The molecule has 0 radical (unpaired) electrons. The monoisotopic (exact) mass is 294 g/mol. The molecule has 0 aliphatic heterocycles. The van der Waals surface area contributed by atoms with Gasteiger partial charge in [0.2, 0.25) is 0 Å². The smallest absolute Gasteiger partial charge is 0.344 e. The number of esters is 2. The lowest BCUT2D eigenvalue weighted by Crippen LogP contribution is -2.38. The van der Waals surface area contributed by atoms with Gasteiger partial charge in [-0.15, -0.1) is 0 Å². The minimum atomic E-state index is -0.784. The van der Waals surface area contributed by atoms with Crippen LogP contribution in [0.2, 0.25) is 0 Å². The van der Waals surface area contributed by atoms with Gasteiger partial charge in [0.25, 0.3) is 0 Å². The molecule has 0 aromatic carbocycles. The third kappa shape index (κ3) is 2.08. The zero-order chi connectivity index (χ0) is 14.6. The minimum absolute atomic E-state index is 0.0240. The zero-order valence-electron chi connectivity index (χ0n) is 12.1. The van der Waals surface area contributed by atoms with Crippen LogP contribution in [-0.2, 0) is 19.1 Å². The second-order valence-electron chi connectivity index (χ2n) is 7.23. The Labute approximate surface area is 124 Å². The first kappa shape index (κ1) is 13.6. The molecule has 5 nitrogen and oxygen atoms in total. The predicted octanol–water partition coefficient (Wildman–Crippen LogP) is 1.14. The van der Waals surface area contributed by atoms with Crippen molar-refractivity contribution in [2.75, 3.05) is 13.2 Å². The second kappa shape index (κ2) is 4.97. The van der Waals surface area contributed by atoms with Gasteiger partial charge in [0.05, 0.1) is 0 Å². The molecule has 4 bridgehead atoms. The molecule has 4 aliphatic carbocycles. The summed E-state index contributed by atoms with van der Waals surface area (Å²) in [7, 11) is 0. The topological polar surface area (TPSA) is 72.8 Å². The van der Waals surface area contributed by atoms with E-state index in [0.717, 1.165) is 36.0 Å². The van der Waals surface area contributed by atoms with Gasteiger partial charge in [-0.25, -0.2) is 9.59 Å². The quantitative estimate of drug-likeness (QED) is 0.621. The Morgan fingerprint density at radius 3 is 2.48 bits per heavy atom. The highest BCUT2D eigenvalue weighted by Crippen LogP contribution is 2.67. The third-order valence-electron chi connectivity index (χ3n) is 6.44. The summed E-state index contributed by atoms with van der Waals surface area (Å²) in [6, 6.07) is 0. The molecule has 5 heteroatoms. The number of rotatable bonds is 4. The molecule has 21 heavy (non-hydrogen) atoms. The lowest BCUT2D eigenvalue weighted by atomic mass is 9.70. The lowest BCUT2D eigenvalue weighted by Gasteiger charge is -2.38. The van der Waals surface area contributed by atoms with Crippen LogP contribution < -0.4 is 0 Å². The summed E-state index contributed by atoms with van der Waals surface area (Å²) >= 11 is 0. The highest BCUT2D eigenvalue weighted by molar-refractivity contribution is 5.76. The Morgan fingerprint density at radius 2 is 1.71 bits per heavy atom. The van der Waals surface area contributed by atoms with Crippen LogP contribution in [0, 0.1) is 35.5 Å². The van der Waals surface area contributed by atoms with E-state index in [1.165, 1.54) is 25.7 Å². The molecule has 7 unspecified atom stereocenters. The lowest BCUT2D eigenvalue weighted by molar-refractivity contribution is -0.166. The van der Waals surface area contributed by atoms with Gasteiger partial charge in [-0.05, 0) is 67.6 Å². The first-order valence-corrected chi connectivity index (χ1v) is 8.13. The zero-order valence-corrected chi connectivity index (χ0v) is 12.1. The molecular weight excluding hydrogens is 272 g/mol. The van der Waals surface area contributed by atoms with Crippen molar-refractivity contribution in [3.63, 3.8) is 0 Å². The highest BCUT2D eigenvalue weighted by atomic mass is 16.6. The van der Waals surface area contributed by atoms with E-state index in [0.29, 0.717) is 5.92 Å². The van der Waals surface area contributed by atoms with Crippen molar-refractivity contribution in [1.29, 1.82) is 0 Å². The normalized spacial score (nSPS) is 45.7. The van der Waals surface area contributed by atoms with E-state index in [1.807, 2.05) is 0 Å². The van der Waals surface area contributed by atoms with Crippen LogP contribution in [0.4, 0.5) is 0 Å². The van der Waals surface area contributed by atoms with Crippen molar-refractivity contribution in [1.82, 2.24) is 0 Å². The summed E-state index contributed by atoms with van der Waals surface area (Å²) in [5.41, 5.74) is 0. The van der Waals surface area contributed by atoms with Crippen LogP contribution in [0.25, 0.3) is 0 Å². The molecule has 7 atom stereocenters. The van der Waals surface area contributed by atoms with Gasteiger partial charge >= 0.3 is 11.9 Å². The fourth-order valence-electron chi connectivity index (χ4n) is 6.03. The molecule has 0 amide bonds. The standard InChI is InChI=1S/C16H22O5/c17-6-13(18)20-7-14(19)21-12-5-10-4-11(12)16-9-2-1-8(3-9)15(10)16/h8-12,15-17H,1-7H2. The van der Waals surface area contributed by atoms with Gasteiger partial charge in [0.1, 0.15) is 12.7 Å². The van der Waals surface area contributed by atoms with Gasteiger partial charge < -0.3 is 14.6 Å². The number of aliphatic hydroxyl groups excluding tert-OH is 1. The summed E-state index contributed by atoms with van der Waals surface area (Å²) < 4.78 is 10.2. The van der Waals surface area contributed by atoms with E-state index in [4.69, 9.17) is 9.84 Å². The first-order valence-electron chi connectivity index (χ1n) is 8.13. The maximum Gasteiger partial charge on any atom is 0.344 e. The SMILES string of the molecule is O=C(CO)OCC(=O)OC1CC2CC1C1C3CCC(C3)C21. The summed E-state index contributed by atoms with van der Waals surface area (Å²) in [5, 5.41) is 8.55. The first-order chi connectivity index (χ1) is 10.2. The number of carbonyl (C=O) groups is 2. The van der Waals surface area contributed by atoms with Gasteiger partial charge in [0.15, 0.2) is 6.61 Å². The van der Waals surface area contributed by atoms with E-state index in [9.17, 15) is 9.59 Å². The summed E-state index contributed by atoms with van der Waals surface area (Å²) in [6.07, 6.45) is 6.42. The number of aliphatic hydroxyl groups is 1. The molecular formula is C16H22O5. The second-order valence-corrected chi connectivity index (χ2v) is 7.23. The van der Waals surface area contributed by atoms with Crippen LogP contribution in [0.15, 0.2) is 0 Å². The maximum atomic E-state index is 11.8. The van der Waals surface area contributed by atoms with Gasteiger partial charge in [-0.3, -0.25) is 0 Å². The van der Waals surface area contributed by atoms with Crippen molar-refractivity contribution in [3.05, 3.63) is 0 Å². The number of ether oxygens (including phenoxy) is 2. The predicted molar refractivity (Wildman–Crippen MR) is 71.9 cm³/mol. The van der Waals surface area contributed by atoms with Crippen molar-refractivity contribution in [3.8, 4) is 0 Å².